The monoisotopic (exact) mass is 900 g/mol. The maximum Gasteiger partial charge on any atom is 0.0540 e. The smallest absolute Gasteiger partial charge is 0.0540 e. The quantitative estimate of drug-likeness (QED) is 0.174. The lowest BCUT2D eigenvalue weighted by Crippen LogP contribution is -2.33. The van der Waals surface area contributed by atoms with Crippen LogP contribution in [0.5, 0.6) is 0 Å². The highest BCUT2D eigenvalue weighted by Crippen LogP contribution is 2.56. The lowest BCUT2D eigenvalue weighted by atomic mass is 9.72. The molecule has 3 aliphatic carbocycles. The molecule has 0 saturated carbocycles. The zero-order valence-electron chi connectivity index (χ0n) is 40.6. The molecule has 2 heteroatoms. The van der Waals surface area contributed by atoms with E-state index in [1.165, 1.54) is 128 Å². The van der Waals surface area contributed by atoms with E-state index in [0.29, 0.717) is 0 Å². The Morgan fingerprint density at radius 2 is 0.943 bits per heavy atom. The predicted octanol–water partition coefficient (Wildman–Crippen LogP) is 18.0. The molecule has 0 bridgehead atoms. The molecular formula is C68H56N2. The van der Waals surface area contributed by atoms with Crippen molar-refractivity contribution >= 4 is 67.8 Å². The van der Waals surface area contributed by atoms with Crippen molar-refractivity contribution in [2.75, 3.05) is 9.80 Å². The Bertz CT molecular complexity index is 3680. The Labute approximate surface area is 412 Å². The van der Waals surface area contributed by atoms with Gasteiger partial charge in [0.2, 0.25) is 0 Å². The van der Waals surface area contributed by atoms with Gasteiger partial charge >= 0.3 is 0 Å². The van der Waals surface area contributed by atoms with Crippen LogP contribution in [0.4, 0.5) is 28.4 Å². The molecule has 5 aliphatic rings. The van der Waals surface area contributed by atoms with Crippen LogP contribution in [0, 0.1) is 0 Å². The Morgan fingerprint density at radius 3 is 1.57 bits per heavy atom. The number of rotatable bonds is 4. The molecule has 0 aromatic heterocycles. The fourth-order valence-electron chi connectivity index (χ4n) is 13.6. The molecule has 1 atom stereocenters. The maximum atomic E-state index is 2.62. The first-order valence-corrected chi connectivity index (χ1v) is 25.6. The van der Waals surface area contributed by atoms with E-state index in [1.54, 1.807) is 0 Å². The molecule has 14 rings (SSSR count). The second-order valence-corrected chi connectivity index (χ2v) is 21.3. The molecule has 9 aromatic rings. The summed E-state index contributed by atoms with van der Waals surface area (Å²) in [4.78, 5) is 5.09. The van der Waals surface area contributed by atoms with Gasteiger partial charge in [-0.2, -0.15) is 0 Å². The van der Waals surface area contributed by atoms with Gasteiger partial charge < -0.3 is 9.80 Å². The summed E-state index contributed by atoms with van der Waals surface area (Å²) in [6.07, 6.45) is 17.4. The van der Waals surface area contributed by atoms with Crippen molar-refractivity contribution in [2.45, 2.75) is 76.5 Å². The van der Waals surface area contributed by atoms with Crippen LogP contribution < -0.4 is 9.80 Å². The molecule has 0 amide bonds. The minimum Gasteiger partial charge on any atom is -0.310 e. The van der Waals surface area contributed by atoms with Crippen LogP contribution in [0.3, 0.4) is 0 Å². The Kier molecular flexibility index (Phi) is 9.09. The van der Waals surface area contributed by atoms with E-state index in [1.807, 2.05) is 0 Å². The number of anilines is 5. The van der Waals surface area contributed by atoms with Gasteiger partial charge in [-0.1, -0.05) is 192 Å². The van der Waals surface area contributed by atoms with Gasteiger partial charge in [-0.15, -0.1) is 0 Å². The van der Waals surface area contributed by atoms with Gasteiger partial charge in [-0.05, 0) is 151 Å². The summed E-state index contributed by atoms with van der Waals surface area (Å²) < 4.78 is 0. The fourth-order valence-corrected chi connectivity index (χ4v) is 13.6. The zero-order chi connectivity index (χ0) is 46.9. The number of para-hydroxylation sites is 4. The molecule has 0 radical (unpaired) electrons. The molecule has 0 N–H and O–H groups in total. The third kappa shape index (κ3) is 5.86. The van der Waals surface area contributed by atoms with Crippen LogP contribution in [0.15, 0.2) is 188 Å². The predicted molar refractivity (Wildman–Crippen MR) is 296 cm³/mol. The number of allylic oxidation sites excluding steroid dienone is 3. The second-order valence-electron chi connectivity index (χ2n) is 21.3. The van der Waals surface area contributed by atoms with Crippen LogP contribution >= 0.6 is 0 Å². The number of benzene rings is 9. The first-order valence-electron chi connectivity index (χ1n) is 25.6. The zero-order valence-corrected chi connectivity index (χ0v) is 40.6. The highest BCUT2D eigenvalue weighted by atomic mass is 15.2. The normalized spacial score (nSPS) is 17.7. The van der Waals surface area contributed by atoms with Crippen LogP contribution in [0.2, 0.25) is 0 Å². The Hall–Kier alpha value is -7.68. The van der Waals surface area contributed by atoms with E-state index >= 15 is 0 Å². The molecule has 9 aromatic carbocycles. The van der Waals surface area contributed by atoms with E-state index in [0.717, 1.165) is 32.1 Å². The van der Waals surface area contributed by atoms with E-state index in [9.17, 15) is 0 Å². The molecule has 0 spiro atoms. The van der Waals surface area contributed by atoms with Crippen molar-refractivity contribution in [2.24, 2.45) is 0 Å². The number of hydrogen-bond donors (Lipinski definition) is 0. The van der Waals surface area contributed by atoms with Gasteiger partial charge in [0.25, 0.3) is 0 Å². The van der Waals surface area contributed by atoms with Crippen molar-refractivity contribution < 1.29 is 0 Å². The van der Waals surface area contributed by atoms with Crippen molar-refractivity contribution in [1.82, 2.24) is 0 Å². The van der Waals surface area contributed by atoms with Gasteiger partial charge in [0, 0.05) is 33.4 Å². The van der Waals surface area contributed by atoms with Gasteiger partial charge in [-0.3, -0.25) is 0 Å². The molecule has 0 saturated heterocycles. The maximum absolute atomic E-state index is 2.62. The molecule has 70 heavy (non-hydrogen) atoms. The fraction of sp³-hybridized carbons (Fsp3) is 0.176. The molecular weight excluding hydrogens is 845 g/mol. The third-order valence-corrected chi connectivity index (χ3v) is 16.9. The van der Waals surface area contributed by atoms with Crippen molar-refractivity contribution in [3.8, 4) is 11.1 Å². The molecule has 2 nitrogen and oxygen atoms in total. The van der Waals surface area contributed by atoms with Crippen LogP contribution in [0.1, 0.15) is 114 Å². The van der Waals surface area contributed by atoms with Crippen LogP contribution in [-0.2, 0) is 23.7 Å². The summed E-state index contributed by atoms with van der Waals surface area (Å²) in [5.74, 6) is 0.228. The van der Waals surface area contributed by atoms with E-state index in [-0.39, 0.29) is 16.7 Å². The lowest BCUT2D eigenvalue weighted by molar-refractivity contribution is 0.631. The highest BCUT2D eigenvalue weighted by molar-refractivity contribution is 6.11. The Morgan fingerprint density at radius 1 is 0.429 bits per heavy atom. The average Bonchev–Trinajstić information content (AvgIpc) is 3.40. The summed E-state index contributed by atoms with van der Waals surface area (Å²) in [6, 6.07) is 64.6. The minimum absolute atomic E-state index is 0.108. The van der Waals surface area contributed by atoms with Crippen LogP contribution in [0.25, 0.3) is 50.5 Å². The van der Waals surface area contributed by atoms with E-state index in [4.69, 9.17) is 0 Å². The van der Waals surface area contributed by atoms with Crippen molar-refractivity contribution in [1.29, 1.82) is 0 Å². The first kappa shape index (κ1) is 41.3. The average molecular weight is 901 g/mol. The summed E-state index contributed by atoms with van der Waals surface area (Å²) >= 11 is 0. The molecule has 2 aliphatic heterocycles. The number of nitrogens with zero attached hydrogens (tertiary/aromatic N) is 2. The van der Waals surface area contributed by atoms with E-state index in [2.05, 4.69) is 238 Å². The highest BCUT2D eigenvalue weighted by Gasteiger charge is 2.40. The van der Waals surface area contributed by atoms with Gasteiger partial charge in [0.1, 0.15) is 0 Å². The largest absolute Gasteiger partial charge is 0.310 e. The van der Waals surface area contributed by atoms with Crippen LogP contribution in [-0.4, -0.2) is 0 Å². The van der Waals surface area contributed by atoms with Gasteiger partial charge in [-0.25, -0.2) is 0 Å². The minimum atomic E-state index is -0.119. The molecule has 1 unspecified atom stereocenters. The van der Waals surface area contributed by atoms with Gasteiger partial charge in [0.05, 0.1) is 28.4 Å². The SMILES string of the molecule is CC1(C)c2ccccc2N(C2=CCC(c3cc4cc(-c5ccc(N6c7ccccc7C(C)(C)c7ccccc76)c6ccccc56)c5c(c4c4c3CCC=C4)C=CCC5)c3ccccc32)c2ccccc21. The van der Waals surface area contributed by atoms with Crippen molar-refractivity contribution in [3.63, 3.8) is 0 Å². The number of hydrogen-bond acceptors (Lipinski definition) is 2. The first-order chi connectivity index (χ1) is 34.3. The summed E-state index contributed by atoms with van der Waals surface area (Å²) in [5.41, 5.74) is 25.5. The topological polar surface area (TPSA) is 6.48 Å². The molecule has 0 fully saturated rings. The van der Waals surface area contributed by atoms with E-state index < -0.39 is 0 Å². The second kappa shape index (κ2) is 15.4. The summed E-state index contributed by atoms with van der Waals surface area (Å²) in [5, 5.41) is 5.31. The summed E-state index contributed by atoms with van der Waals surface area (Å²) in [7, 11) is 0. The Balaban J connectivity index is 0.948. The lowest BCUT2D eigenvalue weighted by Gasteiger charge is -2.44. The molecule has 338 valence electrons. The third-order valence-electron chi connectivity index (χ3n) is 16.9. The van der Waals surface area contributed by atoms with Crippen molar-refractivity contribution in [3.05, 3.63) is 249 Å². The van der Waals surface area contributed by atoms with Gasteiger partial charge in [0.15, 0.2) is 0 Å². The standard InChI is InChI=1S/C68H56N2/c1-67(2)56-29-13-17-33-62(56)69(63-34-18-14-30-57(63)67)60-39-37-48(44-21-5-9-25-50(44)60)54-41-43-42-55(47-24-8-12-28-53(47)66(43)52-27-11-7-23-46(52)54)49-38-40-61(51-26-10-6-22-45(49)51)70-64-35-19-15-31-58(64)68(3,4)59-32-16-20-36-65(59)70/h5-6,9-22,25-37,39-42,49H,7-8,23-24,38H2,1-4H3. The summed E-state index contributed by atoms with van der Waals surface area (Å²) in [6.45, 7) is 9.49. The number of fused-ring (bicyclic) bond motifs is 11. The molecule has 2 heterocycles.